The SMILES string of the molecule is COc1ccc(S(=O)(=O)N[C@H](C)C(=O)N2CCN(c3ccccc3OC)CC2)cc1. The summed E-state index contributed by atoms with van der Waals surface area (Å²) in [6.07, 6.45) is 0. The van der Waals surface area contributed by atoms with Gasteiger partial charge < -0.3 is 19.3 Å². The van der Waals surface area contributed by atoms with Crippen LogP contribution in [0.3, 0.4) is 0 Å². The highest BCUT2D eigenvalue weighted by Gasteiger charge is 2.29. The van der Waals surface area contributed by atoms with Gasteiger partial charge in [-0.2, -0.15) is 4.72 Å². The van der Waals surface area contributed by atoms with Gasteiger partial charge in [0.05, 0.1) is 30.8 Å². The summed E-state index contributed by atoms with van der Waals surface area (Å²) in [5.74, 6) is 1.11. The van der Waals surface area contributed by atoms with Crippen LogP contribution in [0.15, 0.2) is 53.4 Å². The Hall–Kier alpha value is -2.78. The fourth-order valence-electron chi connectivity index (χ4n) is 3.44. The van der Waals surface area contributed by atoms with Gasteiger partial charge in [0, 0.05) is 26.2 Å². The molecule has 0 bridgehead atoms. The first-order valence-electron chi connectivity index (χ1n) is 9.69. The van der Waals surface area contributed by atoms with E-state index in [0.29, 0.717) is 31.9 Å². The number of anilines is 1. The van der Waals surface area contributed by atoms with Gasteiger partial charge in [0.15, 0.2) is 0 Å². The molecule has 1 N–H and O–H groups in total. The molecule has 1 aliphatic heterocycles. The molecule has 0 aromatic heterocycles. The van der Waals surface area contributed by atoms with Crippen LogP contribution in [0, 0.1) is 0 Å². The molecule has 0 saturated carbocycles. The van der Waals surface area contributed by atoms with Gasteiger partial charge in [-0.05, 0) is 43.3 Å². The Balaban J connectivity index is 1.60. The van der Waals surface area contributed by atoms with Crippen molar-refractivity contribution in [3.8, 4) is 11.5 Å². The Morgan fingerprint density at radius 3 is 2.20 bits per heavy atom. The average Bonchev–Trinajstić information content (AvgIpc) is 2.78. The molecule has 162 valence electrons. The smallest absolute Gasteiger partial charge is 0.241 e. The van der Waals surface area contributed by atoms with Crippen molar-refractivity contribution in [1.29, 1.82) is 0 Å². The molecule has 3 rings (SSSR count). The summed E-state index contributed by atoms with van der Waals surface area (Å²) in [7, 11) is -0.667. The van der Waals surface area contributed by atoms with E-state index in [1.165, 1.54) is 19.2 Å². The maximum Gasteiger partial charge on any atom is 0.241 e. The monoisotopic (exact) mass is 433 g/mol. The second kappa shape index (κ2) is 9.36. The first-order valence-corrected chi connectivity index (χ1v) is 11.2. The van der Waals surface area contributed by atoms with E-state index in [-0.39, 0.29) is 10.8 Å². The first-order chi connectivity index (χ1) is 14.4. The largest absolute Gasteiger partial charge is 0.497 e. The molecule has 1 aliphatic rings. The van der Waals surface area contributed by atoms with E-state index < -0.39 is 16.1 Å². The van der Waals surface area contributed by atoms with Gasteiger partial charge in [0.1, 0.15) is 11.5 Å². The zero-order valence-electron chi connectivity index (χ0n) is 17.4. The van der Waals surface area contributed by atoms with Gasteiger partial charge in [0.25, 0.3) is 0 Å². The van der Waals surface area contributed by atoms with Gasteiger partial charge in [-0.1, -0.05) is 12.1 Å². The molecule has 1 amide bonds. The number of benzene rings is 2. The summed E-state index contributed by atoms with van der Waals surface area (Å²) in [5.41, 5.74) is 0.986. The van der Waals surface area contributed by atoms with Crippen LogP contribution in [0.25, 0.3) is 0 Å². The fraction of sp³-hybridized carbons (Fsp3) is 0.381. The second-order valence-electron chi connectivity index (χ2n) is 7.00. The molecule has 1 atom stereocenters. The lowest BCUT2D eigenvalue weighted by Gasteiger charge is -2.37. The van der Waals surface area contributed by atoms with E-state index in [1.54, 1.807) is 31.1 Å². The predicted octanol–water partition coefficient (Wildman–Crippen LogP) is 1.72. The summed E-state index contributed by atoms with van der Waals surface area (Å²) < 4.78 is 38.1. The third-order valence-corrected chi connectivity index (χ3v) is 6.65. The van der Waals surface area contributed by atoms with Crippen LogP contribution in [-0.2, 0) is 14.8 Å². The number of ether oxygens (including phenoxy) is 2. The van der Waals surface area contributed by atoms with E-state index in [1.807, 2.05) is 24.3 Å². The topological polar surface area (TPSA) is 88.2 Å². The van der Waals surface area contributed by atoms with Crippen molar-refractivity contribution in [2.75, 3.05) is 45.3 Å². The van der Waals surface area contributed by atoms with E-state index in [2.05, 4.69) is 9.62 Å². The zero-order valence-corrected chi connectivity index (χ0v) is 18.2. The van der Waals surface area contributed by atoms with Gasteiger partial charge in [-0.15, -0.1) is 0 Å². The van der Waals surface area contributed by atoms with Crippen molar-refractivity contribution in [2.24, 2.45) is 0 Å². The van der Waals surface area contributed by atoms with Crippen LogP contribution < -0.4 is 19.1 Å². The van der Waals surface area contributed by atoms with Gasteiger partial charge in [-0.3, -0.25) is 4.79 Å². The van der Waals surface area contributed by atoms with Crippen molar-refractivity contribution >= 4 is 21.6 Å². The molecule has 8 nitrogen and oxygen atoms in total. The number of amides is 1. The van der Waals surface area contributed by atoms with Crippen LogP contribution >= 0.6 is 0 Å². The molecule has 1 fully saturated rings. The molecule has 1 heterocycles. The second-order valence-corrected chi connectivity index (χ2v) is 8.72. The van der Waals surface area contributed by atoms with Gasteiger partial charge >= 0.3 is 0 Å². The molecular weight excluding hydrogens is 406 g/mol. The Labute approximate surface area is 177 Å². The summed E-state index contributed by atoms with van der Waals surface area (Å²) in [4.78, 5) is 16.7. The lowest BCUT2D eigenvalue weighted by atomic mass is 10.2. The molecule has 2 aromatic carbocycles. The number of sulfonamides is 1. The van der Waals surface area contributed by atoms with E-state index in [0.717, 1.165) is 11.4 Å². The summed E-state index contributed by atoms with van der Waals surface area (Å²) >= 11 is 0. The average molecular weight is 434 g/mol. The van der Waals surface area contributed by atoms with Crippen molar-refractivity contribution in [1.82, 2.24) is 9.62 Å². The molecule has 0 unspecified atom stereocenters. The number of nitrogens with zero attached hydrogens (tertiary/aromatic N) is 2. The number of rotatable bonds is 7. The normalized spacial score (nSPS) is 15.6. The first kappa shape index (κ1) is 21.9. The fourth-order valence-corrected chi connectivity index (χ4v) is 4.64. The Morgan fingerprint density at radius 2 is 1.60 bits per heavy atom. The Bertz CT molecular complexity index is 970. The maximum absolute atomic E-state index is 12.8. The highest BCUT2D eigenvalue weighted by atomic mass is 32.2. The predicted molar refractivity (Wildman–Crippen MR) is 115 cm³/mol. The molecule has 9 heteroatoms. The number of carbonyl (C=O) groups is 1. The minimum atomic E-state index is -3.81. The molecule has 1 saturated heterocycles. The zero-order chi connectivity index (χ0) is 21.7. The lowest BCUT2D eigenvalue weighted by molar-refractivity contribution is -0.132. The highest BCUT2D eigenvalue weighted by molar-refractivity contribution is 7.89. The van der Waals surface area contributed by atoms with E-state index in [4.69, 9.17) is 9.47 Å². The van der Waals surface area contributed by atoms with Crippen LogP contribution in [0.5, 0.6) is 11.5 Å². The van der Waals surface area contributed by atoms with Crippen LogP contribution in [-0.4, -0.2) is 65.7 Å². The van der Waals surface area contributed by atoms with Crippen molar-refractivity contribution in [3.63, 3.8) is 0 Å². The summed E-state index contributed by atoms with van der Waals surface area (Å²) in [6, 6.07) is 12.9. The van der Waals surface area contributed by atoms with Gasteiger partial charge in [0.2, 0.25) is 15.9 Å². The Morgan fingerprint density at radius 1 is 0.967 bits per heavy atom. The number of hydrogen-bond donors (Lipinski definition) is 1. The van der Waals surface area contributed by atoms with Crippen LogP contribution in [0.1, 0.15) is 6.92 Å². The maximum atomic E-state index is 12.8. The van der Waals surface area contributed by atoms with E-state index in [9.17, 15) is 13.2 Å². The third-order valence-electron chi connectivity index (χ3n) is 5.09. The number of hydrogen-bond acceptors (Lipinski definition) is 6. The van der Waals surface area contributed by atoms with Crippen molar-refractivity contribution in [2.45, 2.75) is 17.9 Å². The number of para-hydroxylation sites is 2. The number of nitrogens with one attached hydrogen (secondary N) is 1. The third kappa shape index (κ3) is 4.85. The van der Waals surface area contributed by atoms with Crippen LogP contribution in [0.4, 0.5) is 5.69 Å². The molecular formula is C21H27N3O5S. The van der Waals surface area contributed by atoms with E-state index >= 15 is 0 Å². The van der Waals surface area contributed by atoms with Crippen molar-refractivity contribution in [3.05, 3.63) is 48.5 Å². The number of carbonyl (C=O) groups excluding carboxylic acids is 1. The molecule has 0 radical (unpaired) electrons. The quantitative estimate of drug-likeness (QED) is 0.715. The molecule has 0 spiro atoms. The Kier molecular flexibility index (Phi) is 6.84. The molecule has 0 aliphatic carbocycles. The van der Waals surface area contributed by atoms with Crippen LogP contribution in [0.2, 0.25) is 0 Å². The summed E-state index contributed by atoms with van der Waals surface area (Å²) in [5, 5.41) is 0. The number of methoxy groups -OCH3 is 2. The minimum Gasteiger partial charge on any atom is -0.497 e. The standard InChI is InChI=1S/C21H27N3O5S/c1-16(22-30(26,27)18-10-8-17(28-2)9-11-18)21(25)24-14-12-23(13-15-24)19-6-4-5-7-20(19)29-3/h4-11,16,22H,12-15H2,1-3H3/t16-/m1/s1. The lowest BCUT2D eigenvalue weighted by Crippen LogP contribution is -2.54. The molecule has 2 aromatic rings. The number of piperazine rings is 1. The highest BCUT2D eigenvalue weighted by Crippen LogP contribution is 2.28. The van der Waals surface area contributed by atoms with Gasteiger partial charge in [-0.25, -0.2) is 8.42 Å². The molecule has 30 heavy (non-hydrogen) atoms. The minimum absolute atomic E-state index is 0.0870. The summed E-state index contributed by atoms with van der Waals surface area (Å²) in [6.45, 7) is 3.86. The van der Waals surface area contributed by atoms with Crippen molar-refractivity contribution < 1.29 is 22.7 Å².